The lowest BCUT2D eigenvalue weighted by atomic mass is 10.1. The van der Waals surface area contributed by atoms with Gasteiger partial charge in [-0.05, 0) is 25.9 Å². The van der Waals surface area contributed by atoms with Crippen molar-refractivity contribution in [2.45, 2.75) is 25.4 Å². The molecule has 1 unspecified atom stereocenters. The standard InChI is InChI=1S/C15H20ClN3O4.ClH/c16-15(12-5-4-6-13(9-12)19(21)22)17-23-11-14(20)10-18-7-2-1-3-8-18;/h4-6,9,14,20H,1-3,7-8,10-11H2;1H/b17-15-;. The van der Waals surface area contributed by atoms with Gasteiger partial charge in [0.05, 0.1) is 4.92 Å². The number of nitrogens with zero attached hydrogens (tertiary/aromatic N) is 3. The molecule has 1 fully saturated rings. The summed E-state index contributed by atoms with van der Waals surface area (Å²) >= 11 is 5.97. The van der Waals surface area contributed by atoms with Crippen molar-refractivity contribution in [1.82, 2.24) is 4.90 Å². The second-order valence-corrected chi connectivity index (χ2v) is 5.86. The van der Waals surface area contributed by atoms with E-state index in [0.717, 1.165) is 25.9 Å². The lowest BCUT2D eigenvalue weighted by molar-refractivity contribution is -0.384. The first kappa shape index (κ1) is 20.6. The van der Waals surface area contributed by atoms with Gasteiger partial charge >= 0.3 is 0 Å². The Bertz CT molecular complexity index is 565. The SMILES string of the molecule is Cl.O=[N+]([O-])c1cccc(/C(Cl)=N/OCC(O)CN2CCCCC2)c1. The van der Waals surface area contributed by atoms with E-state index in [9.17, 15) is 15.2 Å². The minimum atomic E-state index is -0.647. The van der Waals surface area contributed by atoms with Gasteiger partial charge in [0.2, 0.25) is 0 Å². The van der Waals surface area contributed by atoms with E-state index in [1.165, 1.54) is 24.6 Å². The summed E-state index contributed by atoms with van der Waals surface area (Å²) in [5.41, 5.74) is 0.326. The number of nitro groups is 1. The van der Waals surface area contributed by atoms with Gasteiger partial charge in [-0.25, -0.2) is 0 Å². The Morgan fingerprint density at radius 2 is 2.12 bits per heavy atom. The van der Waals surface area contributed by atoms with Gasteiger partial charge in [-0.15, -0.1) is 12.4 Å². The van der Waals surface area contributed by atoms with Crippen LogP contribution in [0.1, 0.15) is 24.8 Å². The van der Waals surface area contributed by atoms with Crippen LogP contribution in [0.15, 0.2) is 29.4 Å². The van der Waals surface area contributed by atoms with Crippen molar-refractivity contribution in [1.29, 1.82) is 0 Å². The highest BCUT2D eigenvalue weighted by Crippen LogP contribution is 2.15. The number of benzene rings is 1. The highest BCUT2D eigenvalue weighted by Gasteiger charge is 2.15. The number of non-ortho nitro benzene ring substituents is 1. The zero-order chi connectivity index (χ0) is 16.7. The molecule has 1 aliphatic heterocycles. The van der Waals surface area contributed by atoms with Crippen LogP contribution in [-0.2, 0) is 4.84 Å². The molecule has 24 heavy (non-hydrogen) atoms. The fourth-order valence-electron chi connectivity index (χ4n) is 2.47. The first-order valence-corrected chi connectivity index (χ1v) is 7.95. The number of oxime groups is 1. The van der Waals surface area contributed by atoms with Crippen LogP contribution in [0.2, 0.25) is 0 Å². The Morgan fingerprint density at radius 3 is 2.79 bits per heavy atom. The number of hydrogen-bond donors (Lipinski definition) is 1. The zero-order valence-electron chi connectivity index (χ0n) is 13.1. The van der Waals surface area contributed by atoms with E-state index in [1.807, 2.05) is 0 Å². The summed E-state index contributed by atoms with van der Waals surface area (Å²) in [6, 6.07) is 5.82. The van der Waals surface area contributed by atoms with Crippen molar-refractivity contribution in [2.24, 2.45) is 5.16 Å². The lowest BCUT2D eigenvalue weighted by Gasteiger charge is -2.27. The fraction of sp³-hybridized carbons (Fsp3) is 0.533. The van der Waals surface area contributed by atoms with Crippen molar-refractivity contribution >= 4 is 34.9 Å². The van der Waals surface area contributed by atoms with Crippen molar-refractivity contribution < 1.29 is 14.9 Å². The van der Waals surface area contributed by atoms with Crippen LogP contribution in [-0.4, -0.2) is 52.4 Å². The van der Waals surface area contributed by atoms with E-state index in [2.05, 4.69) is 10.1 Å². The largest absolute Gasteiger partial charge is 0.392 e. The van der Waals surface area contributed by atoms with E-state index in [4.69, 9.17) is 16.4 Å². The van der Waals surface area contributed by atoms with E-state index in [0.29, 0.717) is 12.1 Å². The molecule has 0 spiro atoms. The number of rotatable bonds is 7. The van der Waals surface area contributed by atoms with Gasteiger partial charge in [0.1, 0.15) is 12.7 Å². The Labute approximate surface area is 151 Å². The molecule has 1 aromatic carbocycles. The summed E-state index contributed by atoms with van der Waals surface area (Å²) in [6.07, 6.45) is 2.91. The van der Waals surface area contributed by atoms with Crippen LogP contribution in [0.3, 0.4) is 0 Å². The van der Waals surface area contributed by atoms with Crippen LogP contribution < -0.4 is 0 Å². The number of nitro benzene ring substituents is 1. The molecule has 7 nitrogen and oxygen atoms in total. The summed E-state index contributed by atoms with van der Waals surface area (Å²) in [6.45, 7) is 2.56. The zero-order valence-corrected chi connectivity index (χ0v) is 14.7. The first-order valence-electron chi connectivity index (χ1n) is 7.57. The molecule has 0 aromatic heterocycles. The molecule has 0 radical (unpaired) electrons. The van der Waals surface area contributed by atoms with Crippen LogP contribution in [0.4, 0.5) is 5.69 Å². The predicted molar refractivity (Wildman–Crippen MR) is 95.0 cm³/mol. The third-order valence-electron chi connectivity index (χ3n) is 3.62. The van der Waals surface area contributed by atoms with Crippen LogP contribution in [0.5, 0.6) is 0 Å². The smallest absolute Gasteiger partial charge is 0.270 e. The van der Waals surface area contributed by atoms with Crippen LogP contribution >= 0.6 is 24.0 Å². The second-order valence-electron chi connectivity index (χ2n) is 5.50. The van der Waals surface area contributed by atoms with Gasteiger partial charge in [-0.2, -0.15) is 0 Å². The van der Waals surface area contributed by atoms with Crippen LogP contribution in [0.25, 0.3) is 0 Å². The topological polar surface area (TPSA) is 88.2 Å². The molecule has 9 heteroatoms. The highest BCUT2D eigenvalue weighted by atomic mass is 35.5. The predicted octanol–water partition coefficient (Wildman–Crippen LogP) is 2.78. The lowest BCUT2D eigenvalue weighted by Crippen LogP contribution is -2.38. The molecule has 1 N–H and O–H groups in total. The third-order valence-corrected chi connectivity index (χ3v) is 3.91. The first-order chi connectivity index (χ1) is 11.1. The maximum Gasteiger partial charge on any atom is 0.270 e. The molecule has 0 amide bonds. The number of β-amino-alcohol motifs (C(OH)–C–C–N with tert-alkyl or cyclic N) is 1. The number of likely N-dealkylation sites (tertiary alicyclic amines) is 1. The number of hydrogen-bond acceptors (Lipinski definition) is 6. The molecule has 1 saturated heterocycles. The van der Waals surface area contributed by atoms with E-state index < -0.39 is 11.0 Å². The normalized spacial score (nSPS) is 17.0. The molecule has 1 heterocycles. The fourth-order valence-corrected chi connectivity index (χ4v) is 2.64. The molecular weight excluding hydrogens is 357 g/mol. The summed E-state index contributed by atoms with van der Waals surface area (Å²) < 4.78 is 0. The van der Waals surface area contributed by atoms with Crippen LogP contribution in [0, 0.1) is 10.1 Å². The molecule has 134 valence electrons. The molecule has 1 atom stereocenters. The van der Waals surface area contributed by atoms with E-state index in [-0.39, 0.29) is 29.9 Å². The summed E-state index contributed by atoms with van der Waals surface area (Å²) in [4.78, 5) is 17.5. The highest BCUT2D eigenvalue weighted by molar-refractivity contribution is 6.69. The maximum absolute atomic E-state index is 10.7. The van der Waals surface area contributed by atoms with E-state index in [1.54, 1.807) is 6.07 Å². The van der Waals surface area contributed by atoms with Gasteiger partial charge in [-0.1, -0.05) is 35.3 Å². The average Bonchev–Trinajstić information content (AvgIpc) is 2.55. The number of aliphatic hydroxyl groups excluding tert-OH is 1. The monoisotopic (exact) mass is 377 g/mol. The molecule has 0 bridgehead atoms. The summed E-state index contributed by atoms with van der Waals surface area (Å²) in [7, 11) is 0. The average molecular weight is 378 g/mol. The number of piperidine rings is 1. The van der Waals surface area contributed by atoms with Gasteiger partial charge in [-0.3, -0.25) is 10.1 Å². The van der Waals surface area contributed by atoms with Gasteiger partial charge < -0.3 is 14.8 Å². The number of halogens is 2. The maximum atomic E-state index is 10.7. The summed E-state index contributed by atoms with van der Waals surface area (Å²) in [5, 5.41) is 24.4. The van der Waals surface area contributed by atoms with E-state index >= 15 is 0 Å². The third kappa shape index (κ3) is 6.60. The Hall–Kier alpha value is -1.41. The van der Waals surface area contributed by atoms with Gasteiger partial charge in [0.15, 0.2) is 5.17 Å². The molecule has 2 rings (SSSR count). The summed E-state index contributed by atoms with van der Waals surface area (Å²) in [5.74, 6) is 0. The molecule has 1 aliphatic rings. The minimum absolute atomic E-state index is 0. The Kier molecular flexibility index (Phi) is 8.99. The molecule has 0 saturated carbocycles. The van der Waals surface area contributed by atoms with Crippen molar-refractivity contribution in [3.8, 4) is 0 Å². The second kappa shape index (κ2) is 10.5. The molecule has 0 aliphatic carbocycles. The minimum Gasteiger partial charge on any atom is -0.392 e. The van der Waals surface area contributed by atoms with Crippen molar-refractivity contribution in [3.05, 3.63) is 39.9 Å². The number of aliphatic hydroxyl groups is 1. The Balaban J connectivity index is 0.00000288. The Morgan fingerprint density at radius 1 is 1.42 bits per heavy atom. The van der Waals surface area contributed by atoms with Gasteiger partial charge in [0.25, 0.3) is 5.69 Å². The van der Waals surface area contributed by atoms with Crippen molar-refractivity contribution in [3.63, 3.8) is 0 Å². The molecule has 1 aromatic rings. The van der Waals surface area contributed by atoms with Gasteiger partial charge in [0, 0.05) is 24.2 Å². The molecular formula is C15H21Cl2N3O4. The quantitative estimate of drug-likeness (QED) is 0.448. The van der Waals surface area contributed by atoms with Crippen molar-refractivity contribution in [2.75, 3.05) is 26.2 Å².